The van der Waals surface area contributed by atoms with Gasteiger partial charge in [0.2, 0.25) is 0 Å². The molecule has 25 heavy (non-hydrogen) atoms. The van der Waals surface area contributed by atoms with Crippen molar-refractivity contribution in [3.63, 3.8) is 0 Å². The van der Waals surface area contributed by atoms with Crippen LogP contribution in [-0.2, 0) is 5.75 Å². The van der Waals surface area contributed by atoms with Gasteiger partial charge in [-0.05, 0) is 12.0 Å². The third-order valence-corrected chi connectivity index (χ3v) is 5.69. The van der Waals surface area contributed by atoms with E-state index in [1.807, 2.05) is 18.2 Å². The number of aliphatic hydroxyl groups is 1. The zero-order chi connectivity index (χ0) is 17.6. The molecule has 0 saturated heterocycles. The molecule has 0 unspecified atom stereocenters. The summed E-state index contributed by atoms with van der Waals surface area (Å²) in [6, 6.07) is 10.1. The van der Waals surface area contributed by atoms with E-state index in [0.29, 0.717) is 21.1 Å². The molecule has 1 atom stereocenters. The van der Waals surface area contributed by atoms with E-state index >= 15 is 0 Å². The molecule has 0 aliphatic carbocycles. The largest absolute Gasteiger partial charge is 0.394 e. The number of aromatic nitrogens is 3. The molecule has 0 aliphatic rings. The summed E-state index contributed by atoms with van der Waals surface area (Å²) in [7, 11) is 0. The molecule has 3 rings (SSSR count). The fourth-order valence-corrected chi connectivity index (χ4v) is 4.21. The highest BCUT2D eigenvalue weighted by atomic mass is 35.5. The van der Waals surface area contributed by atoms with Crippen LogP contribution in [0.1, 0.15) is 25.3 Å². The van der Waals surface area contributed by atoms with Crippen molar-refractivity contribution < 1.29 is 5.11 Å². The van der Waals surface area contributed by atoms with Crippen molar-refractivity contribution in [1.29, 1.82) is 0 Å². The molecule has 0 bridgehead atoms. The number of hydrogen-bond acceptors (Lipinski definition) is 7. The lowest BCUT2D eigenvalue weighted by Gasteiger charge is -2.16. The number of thioether (sulfide) groups is 1. The zero-order valence-electron chi connectivity index (χ0n) is 13.8. The second-order valence-corrected chi connectivity index (χ2v) is 8.08. The van der Waals surface area contributed by atoms with Crippen molar-refractivity contribution >= 4 is 50.9 Å². The van der Waals surface area contributed by atoms with E-state index in [1.54, 1.807) is 11.8 Å². The second kappa shape index (κ2) is 8.80. The summed E-state index contributed by atoms with van der Waals surface area (Å²) >= 11 is 8.97. The van der Waals surface area contributed by atoms with Crippen molar-refractivity contribution in [1.82, 2.24) is 15.0 Å². The van der Waals surface area contributed by atoms with Crippen LogP contribution in [0.5, 0.6) is 0 Å². The highest BCUT2D eigenvalue weighted by molar-refractivity contribution is 7.98. The maximum atomic E-state index is 9.57. The minimum absolute atomic E-state index is 0.0454. The van der Waals surface area contributed by atoms with Gasteiger partial charge in [-0.1, -0.05) is 78.4 Å². The van der Waals surface area contributed by atoms with Crippen LogP contribution < -0.4 is 5.32 Å². The minimum Gasteiger partial charge on any atom is -0.394 e. The lowest BCUT2D eigenvalue weighted by molar-refractivity contribution is 0.268. The van der Waals surface area contributed by atoms with Gasteiger partial charge >= 0.3 is 0 Å². The fourth-order valence-electron chi connectivity index (χ4n) is 2.41. The van der Waals surface area contributed by atoms with Crippen molar-refractivity contribution in [3.8, 4) is 0 Å². The summed E-state index contributed by atoms with van der Waals surface area (Å²) in [6.07, 6.45) is 1.84. The Morgan fingerprint density at radius 1 is 1.24 bits per heavy atom. The molecule has 132 valence electrons. The summed E-state index contributed by atoms with van der Waals surface area (Å²) in [5.74, 6) is 1.47. The molecule has 8 heteroatoms. The summed E-state index contributed by atoms with van der Waals surface area (Å²) in [6.45, 7) is 2.14. The van der Waals surface area contributed by atoms with Gasteiger partial charge in [-0.25, -0.2) is 15.0 Å². The quantitative estimate of drug-likeness (QED) is 0.429. The van der Waals surface area contributed by atoms with Crippen LogP contribution in [0, 0.1) is 0 Å². The van der Waals surface area contributed by atoms with Crippen molar-refractivity contribution in [2.75, 3.05) is 11.9 Å². The van der Waals surface area contributed by atoms with Crippen LogP contribution in [0.3, 0.4) is 0 Å². The van der Waals surface area contributed by atoms with Crippen LogP contribution in [0.25, 0.3) is 10.3 Å². The van der Waals surface area contributed by atoms with E-state index in [-0.39, 0.29) is 12.6 Å². The minimum atomic E-state index is -0.0454. The van der Waals surface area contributed by atoms with E-state index in [1.165, 1.54) is 16.9 Å². The Bertz CT molecular complexity index is 828. The number of rotatable bonds is 8. The van der Waals surface area contributed by atoms with Gasteiger partial charge in [0.25, 0.3) is 0 Å². The lowest BCUT2D eigenvalue weighted by Crippen LogP contribution is -2.24. The summed E-state index contributed by atoms with van der Waals surface area (Å²) in [5.41, 5.74) is 1.80. The molecule has 0 aliphatic heterocycles. The van der Waals surface area contributed by atoms with E-state index in [4.69, 9.17) is 11.6 Å². The van der Waals surface area contributed by atoms with Gasteiger partial charge < -0.3 is 10.4 Å². The Hall–Kier alpha value is -1.41. The van der Waals surface area contributed by atoms with Gasteiger partial charge in [-0.3, -0.25) is 0 Å². The number of benzene rings is 1. The molecule has 5 nitrogen and oxygen atoms in total. The first kappa shape index (κ1) is 18.4. The molecule has 2 aromatic heterocycles. The van der Waals surface area contributed by atoms with Gasteiger partial charge in [0.15, 0.2) is 21.1 Å². The van der Waals surface area contributed by atoms with Gasteiger partial charge in [0.05, 0.1) is 12.6 Å². The van der Waals surface area contributed by atoms with Gasteiger partial charge in [0, 0.05) is 5.75 Å². The smallest absolute Gasteiger partial charge is 0.191 e. The monoisotopic (exact) mass is 394 g/mol. The predicted molar refractivity (Wildman–Crippen MR) is 106 cm³/mol. The maximum Gasteiger partial charge on any atom is 0.191 e. The Morgan fingerprint density at radius 2 is 2.04 bits per heavy atom. The number of hydrogen-bond donors (Lipinski definition) is 2. The first-order valence-electron chi connectivity index (χ1n) is 8.07. The van der Waals surface area contributed by atoms with E-state index in [9.17, 15) is 5.11 Å². The number of thiazole rings is 1. The van der Waals surface area contributed by atoms with Crippen LogP contribution in [0.4, 0.5) is 5.82 Å². The van der Waals surface area contributed by atoms with Crippen molar-refractivity contribution in [2.45, 2.75) is 36.7 Å². The third kappa shape index (κ3) is 4.82. The number of nitrogens with one attached hydrogen (secondary N) is 1. The molecular formula is C17H19ClN4OS2. The van der Waals surface area contributed by atoms with Crippen LogP contribution in [0.2, 0.25) is 4.47 Å². The predicted octanol–water partition coefficient (Wildman–Crippen LogP) is 4.60. The first-order valence-corrected chi connectivity index (χ1v) is 10.3. The van der Waals surface area contributed by atoms with Crippen LogP contribution >= 0.6 is 34.7 Å². The first-order chi connectivity index (χ1) is 12.2. The molecule has 0 radical (unpaired) electrons. The molecule has 1 aromatic carbocycles. The van der Waals surface area contributed by atoms with Crippen LogP contribution in [-0.4, -0.2) is 32.7 Å². The van der Waals surface area contributed by atoms with Crippen LogP contribution in [0.15, 0.2) is 35.5 Å². The molecular weight excluding hydrogens is 376 g/mol. The SMILES string of the molecule is CCC[C@H](CO)Nc1nc(SCc2ccccc2)nc2nc(Cl)sc12. The molecule has 2 heterocycles. The molecule has 0 fully saturated rings. The highest BCUT2D eigenvalue weighted by Crippen LogP contribution is 2.32. The standard InChI is InChI=1S/C17H19ClN4OS2/c1-2-6-12(9-23)19-14-13-15(20-16(18)25-13)22-17(21-14)24-10-11-7-4-3-5-8-11/h3-5,7-8,12,23H,2,6,9-10H2,1H3,(H,19,21,22)/t12-/m1/s1. The number of aliphatic hydroxyl groups excluding tert-OH is 1. The number of halogens is 1. The Labute approximate surface area is 159 Å². The molecule has 3 aromatic rings. The number of anilines is 1. The molecule has 0 saturated carbocycles. The molecule has 0 spiro atoms. The zero-order valence-corrected chi connectivity index (χ0v) is 16.2. The average Bonchev–Trinajstić information content (AvgIpc) is 3.01. The number of nitrogens with zero attached hydrogens (tertiary/aromatic N) is 3. The third-order valence-electron chi connectivity index (χ3n) is 3.62. The van der Waals surface area contributed by atoms with Gasteiger partial charge in [0.1, 0.15) is 4.70 Å². The Balaban J connectivity index is 1.86. The maximum absolute atomic E-state index is 9.57. The van der Waals surface area contributed by atoms with Crippen molar-refractivity contribution in [2.24, 2.45) is 0 Å². The Morgan fingerprint density at radius 3 is 2.76 bits per heavy atom. The summed E-state index contributed by atoms with van der Waals surface area (Å²) in [4.78, 5) is 13.4. The van der Waals surface area contributed by atoms with Crippen molar-refractivity contribution in [3.05, 3.63) is 40.4 Å². The lowest BCUT2D eigenvalue weighted by atomic mass is 10.2. The average molecular weight is 395 g/mol. The van der Waals surface area contributed by atoms with E-state index in [0.717, 1.165) is 23.3 Å². The fraction of sp³-hybridized carbons (Fsp3) is 0.353. The normalized spacial score (nSPS) is 12.4. The van der Waals surface area contributed by atoms with E-state index < -0.39 is 0 Å². The molecule has 0 amide bonds. The second-order valence-electron chi connectivity index (χ2n) is 5.56. The summed E-state index contributed by atoms with van der Waals surface area (Å²) in [5, 5.41) is 13.5. The highest BCUT2D eigenvalue weighted by Gasteiger charge is 2.16. The number of fused-ring (bicyclic) bond motifs is 1. The van der Waals surface area contributed by atoms with Gasteiger partial charge in [-0.2, -0.15) is 0 Å². The van der Waals surface area contributed by atoms with E-state index in [2.05, 4.69) is 39.3 Å². The van der Waals surface area contributed by atoms with Gasteiger partial charge in [-0.15, -0.1) is 0 Å². The topological polar surface area (TPSA) is 70.9 Å². The molecule has 2 N–H and O–H groups in total. The summed E-state index contributed by atoms with van der Waals surface area (Å²) < 4.78 is 1.26. The Kier molecular flexibility index (Phi) is 6.47.